The summed E-state index contributed by atoms with van der Waals surface area (Å²) in [6.45, 7) is 4.92. The standard InChI is InChI=1S/C24H27FN4O2/c1-16-3-4-18(13-17(16)2)15-26-23(30)9-10-28-11-12-29-22(24(28)31)14-21(27-29)19-5-7-20(25)8-6-19/h3-8,11-13,21-22,27H,9-10,14-15H2,1-2H3,(H,26,30). The number of nitrogens with zero attached hydrogens (tertiary/aromatic N) is 2. The van der Waals surface area contributed by atoms with E-state index >= 15 is 0 Å². The quantitative estimate of drug-likeness (QED) is 0.751. The molecule has 2 atom stereocenters. The summed E-state index contributed by atoms with van der Waals surface area (Å²) in [7, 11) is 0. The molecule has 0 radical (unpaired) electrons. The molecule has 2 heterocycles. The van der Waals surface area contributed by atoms with Crippen LogP contribution in [0.2, 0.25) is 0 Å². The van der Waals surface area contributed by atoms with Gasteiger partial charge < -0.3 is 15.2 Å². The molecule has 7 heteroatoms. The van der Waals surface area contributed by atoms with Crippen molar-refractivity contribution in [3.05, 3.63) is 82.9 Å². The lowest BCUT2D eigenvalue weighted by atomic mass is 10.0. The molecule has 1 fully saturated rings. The highest BCUT2D eigenvalue weighted by Gasteiger charge is 2.39. The Labute approximate surface area is 181 Å². The van der Waals surface area contributed by atoms with Gasteiger partial charge in [-0.25, -0.2) is 9.82 Å². The molecule has 2 unspecified atom stereocenters. The van der Waals surface area contributed by atoms with Gasteiger partial charge in [-0.05, 0) is 54.7 Å². The smallest absolute Gasteiger partial charge is 0.250 e. The van der Waals surface area contributed by atoms with Crippen LogP contribution < -0.4 is 10.7 Å². The van der Waals surface area contributed by atoms with Crippen molar-refractivity contribution in [2.75, 3.05) is 6.54 Å². The van der Waals surface area contributed by atoms with Crippen LogP contribution in [-0.4, -0.2) is 34.3 Å². The monoisotopic (exact) mass is 422 g/mol. The number of nitrogens with one attached hydrogen (secondary N) is 2. The number of hydrogen-bond donors (Lipinski definition) is 2. The van der Waals surface area contributed by atoms with Crippen LogP contribution in [0.15, 0.2) is 54.9 Å². The molecule has 6 nitrogen and oxygen atoms in total. The number of hydrazine groups is 1. The summed E-state index contributed by atoms with van der Waals surface area (Å²) < 4.78 is 13.2. The third-order valence-corrected chi connectivity index (χ3v) is 5.99. The van der Waals surface area contributed by atoms with Crippen molar-refractivity contribution in [3.8, 4) is 0 Å². The Morgan fingerprint density at radius 1 is 1.13 bits per heavy atom. The number of hydrogen-bond acceptors (Lipinski definition) is 4. The normalized spacial score (nSPS) is 20.2. The fourth-order valence-corrected chi connectivity index (χ4v) is 3.96. The van der Waals surface area contributed by atoms with Crippen LogP contribution in [0, 0.1) is 19.7 Å². The van der Waals surface area contributed by atoms with E-state index in [0.717, 1.165) is 11.1 Å². The zero-order chi connectivity index (χ0) is 22.0. The van der Waals surface area contributed by atoms with E-state index in [1.807, 2.05) is 12.3 Å². The van der Waals surface area contributed by atoms with Gasteiger partial charge in [-0.15, -0.1) is 0 Å². The van der Waals surface area contributed by atoms with Crippen molar-refractivity contribution in [1.29, 1.82) is 0 Å². The van der Waals surface area contributed by atoms with Gasteiger partial charge in [0.25, 0.3) is 5.91 Å². The van der Waals surface area contributed by atoms with Gasteiger partial charge in [-0.2, -0.15) is 0 Å². The van der Waals surface area contributed by atoms with Crippen molar-refractivity contribution >= 4 is 11.8 Å². The summed E-state index contributed by atoms with van der Waals surface area (Å²) in [6.07, 6.45) is 4.35. The highest BCUT2D eigenvalue weighted by Crippen LogP contribution is 2.30. The van der Waals surface area contributed by atoms with Crippen LogP contribution in [0.5, 0.6) is 0 Å². The zero-order valence-corrected chi connectivity index (χ0v) is 17.8. The Kier molecular flexibility index (Phi) is 6.04. The highest BCUT2D eigenvalue weighted by molar-refractivity contribution is 5.85. The Morgan fingerprint density at radius 2 is 1.90 bits per heavy atom. The number of aryl methyl sites for hydroxylation is 2. The summed E-state index contributed by atoms with van der Waals surface area (Å²) in [5.74, 6) is -0.408. The lowest BCUT2D eigenvalue weighted by molar-refractivity contribution is -0.134. The average Bonchev–Trinajstić information content (AvgIpc) is 3.20. The summed E-state index contributed by atoms with van der Waals surface area (Å²) in [4.78, 5) is 26.8. The highest BCUT2D eigenvalue weighted by atomic mass is 19.1. The number of carbonyl (C=O) groups is 2. The van der Waals surface area contributed by atoms with Crippen LogP contribution in [0.25, 0.3) is 0 Å². The molecular formula is C24H27FN4O2. The lowest BCUT2D eigenvalue weighted by Gasteiger charge is -2.31. The molecule has 0 aromatic heterocycles. The molecule has 2 aliphatic rings. The minimum absolute atomic E-state index is 0.0402. The predicted octanol–water partition coefficient (Wildman–Crippen LogP) is 3.08. The molecule has 0 saturated carbocycles. The Bertz CT molecular complexity index is 1010. The van der Waals surface area contributed by atoms with Crippen LogP contribution in [-0.2, 0) is 16.1 Å². The minimum Gasteiger partial charge on any atom is -0.352 e. The molecular weight excluding hydrogens is 395 g/mol. The van der Waals surface area contributed by atoms with Gasteiger partial charge in [0.1, 0.15) is 11.9 Å². The maximum atomic E-state index is 13.2. The first-order valence-electron chi connectivity index (χ1n) is 10.5. The second-order valence-corrected chi connectivity index (χ2v) is 8.17. The first kappa shape index (κ1) is 21.1. The van der Waals surface area contributed by atoms with E-state index < -0.39 is 0 Å². The molecule has 1 saturated heterocycles. The maximum absolute atomic E-state index is 13.2. The molecule has 31 heavy (non-hydrogen) atoms. The molecule has 4 rings (SSSR count). The topological polar surface area (TPSA) is 64.7 Å². The molecule has 2 N–H and O–H groups in total. The summed E-state index contributed by atoms with van der Waals surface area (Å²) in [6, 6.07) is 12.1. The fraction of sp³-hybridized carbons (Fsp3) is 0.333. The van der Waals surface area contributed by atoms with Crippen LogP contribution in [0.1, 0.15) is 41.1 Å². The van der Waals surface area contributed by atoms with Gasteiger partial charge in [0.15, 0.2) is 0 Å². The third-order valence-electron chi connectivity index (χ3n) is 5.99. The Hall–Kier alpha value is -3.19. The van der Waals surface area contributed by atoms with Crippen molar-refractivity contribution < 1.29 is 14.0 Å². The van der Waals surface area contributed by atoms with E-state index in [4.69, 9.17) is 0 Å². The molecule has 162 valence electrons. The van der Waals surface area contributed by atoms with Gasteiger partial charge in [0, 0.05) is 31.9 Å². The van der Waals surface area contributed by atoms with E-state index in [1.165, 1.54) is 23.3 Å². The number of amides is 2. The summed E-state index contributed by atoms with van der Waals surface area (Å²) >= 11 is 0. The van der Waals surface area contributed by atoms with Crippen molar-refractivity contribution in [2.45, 2.75) is 45.3 Å². The fourth-order valence-electron chi connectivity index (χ4n) is 3.96. The summed E-state index contributed by atoms with van der Waals surface area (Å²) in [5, 5.41) is 4.72. The van der Waals surface area contributed by atoms with Crippen molar-refractivity contribution in [3.63, 3.8) is 0 Å². The molecule has 2 amide bonds. The van der Waals surface area contributed by atoms with Crippen LogP contribution in [0.3, 0.4) is 0 Å². The van der Waals surface area contributed by atoms with Gasteiger partial charge in [0.2, 0.25) is 5.91 Å². The van der Waals surface area contributed by atoms with Crippen LogP contribution >= 0.6 is 0 Å². The second kappa shape index (κ2) is 8.89. The van der Waals surface area contributed by atoms with E-state index in [-0.39, 0.29) is 36.1 Å². The van der Waals surface area contributed by atoms with E-state index in [2.05, 4.69) is 36.7 Å². The Balaban J connectivity index is 1.28. The second-order valence-electron chi connectivity index (χ2n) is 8.17. The van der Waals surface area contributed by atoms with Crippen molar-refractivity contribution in [1.82, 2.24) is 20.7 Å². The van der Waals surface area contributed by atoms with Gasteiger partial charge >= 0.3 is 0 Å². The molecule has 2 aromatic carbocycles. The Morgan fingerprint density at radius 3 is 2.65 bits per heavy atom. The third kappa shape index (κ3) is 4.77. The molecule has 0 aliphatic carbocycles. The van der Waals surface area contributed by atoms with E-state index in [9.17, 15) is 14.0 Å². The number of benzene rings is 2. The van der Waals surface area contributed by atoms with Gasteiger partial charge in [0.05, 0.1) is 6.04 Å². The van der Waals surface area contributed by atoms with Gasteiger partial charge in [-0.1, -0.05) is 30.3 Å². The number of halogens is 1. The van der Waals surface area contributed by atoms with Crippen molar-refractivity contribution in [2.24, 2.45) is 0 Å². The number of rotatable bonds is 6. The average molecular weight is 423 g/mol. The number of carbonyl (C=O) groups excluding carboxylic acids is 2. The maximum Gasteiger partial charge on any atom is 0.250 e. The zero-order valence-electron chi connectivity index (χ0n) is 17.8. The van der Waals surface area contributed by atoms with Crippen LogP contribution in [0.4, 0.5) is 4.39 Å². The van der Waals surface area contributed by atoms with E-state index in [1.54, 1.807) is 28.2 Å². The first-order valence-corrected chi connectivity index (χ1v) is 10.5. The summed E-state index contributed by atoms with van der Waals surface area (Å²) in [5.41, 5.74) is 7.71. The molecule has 0 bridgehead atoms. The SMILES string of the molecule is Cc1ccc(CNC(=O)CCN2C=CN3NC(c4ccc(F)cc4)CC3C2=O)cc1C. The number of fused-ring (bicyclic) bond motifs is 1. The molecule has 0 spiro atoms. The predicted molar refractivity (Wildman–Crippen MR) is 116 cm³/mol. The lowest BCUT2D eigenvalue weighted by Crippen LogP contribution is -2.48. The van der Waals surface area contributed by atoms with E-state index in [0.29, 0.717) is 19.5 Å². The minimum atomic E-state index is -0.335. The van der Waals surface area contributed by atoms with Gasteiger partial charge in [-0.3, -0.25) is 9.59 Å². The molecule has 2 aromatic rings. The first-order chi connectivity index (χ1) is 14.9. The largest absolute Gasteiger partial charge is 0.352 e. The molecule has 2 aliphatic heterocycles.